The lowest BCUT2D eigenvalue weighted by atomic mass is 9.92. The van der Waals surface area contributed by atoms with Crippen LogP contribution in [-0.4, -0.2) is 59.2 Å². The van der Waals surface area contributed by atoms with Gasteiger partial charge >= 0.3 is 0 Å². The fraction of sp³-hybridized carbons (Fsp3) is 0.429. The van der Waals surface area contributed by atoms with Crippen LogP contribution in [0.5, 0.6) is 0 Å². The molecule has 1 aromatic heterocycles. The number of hydrogen-bond donors (Lipinski definition) is 2. The first-order valence-corrected chi connectivity index (χ1v) is 9.87. The number of aromatic nitrogens is 1. The van der Waals surface area contributed by atoms with Gasteiger partial charge in [-0.3, -0.25) is 4.99 Å². The van der Waals surface area contributed by atoms with E-state index in [1.807, 2.05) is 25.1 Å². The SMILES string of the molecule is C=Nc1c(/C(C)=N\C)ccn1[C@@H]1O[C@H]([C@@H]2OCCc3cc(Cl)ccc32)[C@@H](O)[C@H]1O. The van der Waals surface area contributed by atoms with Crippen LogP contribution < -0.4 is 0 Å². The fourth-order valence-corrected chi connectivity index (χ4v) is 4.30. The zero-order chi connectivity index (χ0) is 20.7. The highest BCUT2D eigenvalue weighted by Crippen LogP contribution is 2.42. The van der Waals surface area contributed by atoms with Crippen molar-refractivity contribution in [1.82, 2.24) is 4.57 Å². The number of aliphatic hydroxyl groups excluding tert-OH is 2. The lowest BCUT2D eigenvalue weighted by molar-refractivity contribution is -0.113. The van der Waals surface area contributed by atoms with Crippen molar-refractivity contribution >= 4 is 29.8 Å². The van der Waals surface area contributed by atoms with Crippen LogP contribution in [-0.2, 0) is 15.9 Å². The summed E-state index contributed by atoms with van der Waals surface area (Å²) in [5.74, 6) is 0.529. The van der Waals surface area contributed by atoms with Gasteiger partial charge in [0, 0.05) is 29.5 Å². The molecule has 4 rings (SSSR count). The summed E-state index contributed by atoms with van der Waals surface area (Å²) < 4.78 is 13.8. The lowest BCUT2D eigenvalue weighted by Crippen LogP contribution is -2.37. The van der Waals surface area contributed by atoms with E-state index in [-0.39, 0.29) is 0 Å². The van der Waals surface area contributed by atoms with Gasteiger partial charge in [0.05, 0.1) is 6.61 Å². The van der Waals surface area contributed by atoms with Gasteiger partial charge in [-0.15, -0.1) is 0 Å². The van der Waals surface area contributed by atoms with Crippen LogP contribution in [0.3, 0.4) is 0 Å². The van der Waals surface area contributed by atoms with Crippen molar-refractivity contribution in [2.75, 3.05) is 13.7 Å². The number of benzene rings is 1. The van der Waals surface area contributed by atoms with Gasteiger partial charge in [0.15, 0.2) is 6.23 Å². The number of hydrogen-bond acceptors (Lipinski definition) is 6. The molecule has 1 aromatic carbocycles. The highest BCUT2D eigenvalue weighted by atomic mass is 35.5. The highest BCUT2D eigenvalue weighted by molar-refractivity contribution is 6.30. The minimum atomic E-state index is -1.15. The highest BCUT2D eigenvalue weighted by Gasteiger charge is 2.49. The minimum Gasteiger partial charge on any atom is -0.387 e. The van der Waals surface area contributed by atoms with Crippen LogP contribution in [0.15, 0.2) is 40.4 Å². The number of fused-ring (bicyclic) bond motifs is 1. The van der Waals surface area contributed by atoms with E-state index in [1.54, 1.807) is 23.9 Å². The number of aliphatic hydroxyl groups is 2. The van der Waals surface area contributed by atoms with Crippen LogP contribution in [0, 0.1) is 0 Å². The zero-order valence-corrected chi connectivity index (χ0v) is 17.1. The third kappa shape index (κ3) is 3.43. The van der Waals surface area contributed by atoms with Crippen LogP contribution in [0.25, 0.3) is 0 Å². The average Bonchev–Trinajstić information content (AvgIpc) is 3.28. The summed E-state index contributed by atoms with van der Waals surface area (Å²) in [4.78, 5) is 8.29. The minimum absolute atomic E-state index is 0.491. The molecule has 5 atom stereocenters. The Balaban J connectivity index is 1.67. The summed E-state index contributed by atoms with van der Waals surface area (Å²) in [5.41, 5.74) is 3.57. The molecule has 2 aliphatic heterocycles. The molecule has 8 heteroatoms. The van der Waals surface area contributed by atoms with Gasteiger partial charge in [-0.05, 0) is 49.4 Å². The molecule has 2 aromatic rings. The zero-order valence-electron chi connectivity index (χ0n) is 16.3. The summed E-state index contributed by atoms with van der Waals surface area (Å²) in [6, 6.07) is 7.44. The van der Waals surface area contributed by atoms with E-state index in [0.29, 0.717) is 17.4 Å². The number of nitrogens with zero attached hydrogens (tertiary/aromatic N) is 3. The van der Waals surface area contributed by atoms with Gasteiger partial charge in [-0.25, -0.2) is 4.99 Å². The molecule has 0 spiro atoms. The quantitative estimate of drug-likeness (QED) is 0.748. The first-order chi connectivity index (χ1) is 14.0. The molecule has 0 saturated carbocycles. The third-order valence-electron chi connectivity index (χ3n) is 5.69. The van der Waals surface area contributed by atoms with Gasteiger partial charge in [0.1, 0.15) is 30.2 Å². The van der Waals surface area contributed by atoms with Crippen molar-refractivity contribution in [2.24, 2.45) is 9.98 Å². The Morgan fingerprint density at radius 3 is 2.79 bits per heavy atom. The second kappa shape index (κ2) is 8.01. The predicted molar refractivity (Wildman–Crippen MR) is 112 cm³/mol. The molecule has 2 aliphatic rings. The van der Waals surface area contributed by atoms with Crippen molar-refractivity contribution in [1.29, 1.82) is 0 Å². The Morgan fingerprint density at radius 1 is 1.28 bits per heavy atom. The molecule has 0 radical (unpaired) electrons. The Bertz CT molecular complexity index is 957. The van der Waals surface area contributed by atoms with Crippen molar-refractivity contribution in [2.45, 2.75) is 44.0 Å². The van der Waals surface area contributed by atoms with Crippen LogP contribution in [0.1, 0.15) is 35.9 Å². The molecule has 1 fully saturated rings. The first-order valence-electron chi connectivity index (χ1n) is 9.49. The topological polar surface area (TPSA) is 88.6 Å². The van der Waals surface area contributed by atoms with Gasteiger partial charge < -0.3 is 24.3 Å². The molecule has 0 unspecified atom stereocenters. The average molecular weight is 418 g/mol. The van der Waals surface area contributed by atoms with E-state index >= 15 is 0 Å². The molecular formula is C21H24ClN3O4. The molecule has 7 nitrogen and oxygen atoms in total. The summed E-state index contributed by atoms with van der Waals surface area (Å²) >= 11 is 6.12. The number of aliphatic imine (C=N–C) groups is 2. The van der Waals surface area contributed by atoms with Gasteiger partial charge in [0.25, 0.3) is 0 Å². The van der Waals surface area contributed by atoms with E-state index in [2.05, 4.69) is 16.7 Å². The van der Waals surface area contributed by atoms with Crippen LogP contribution in [0.4, 0.5) is 5.82 Å². The summed E-state index contributed by atoms with van der Waals surface area (Å²) in [5, 5.41) is 22.2. The van der Waals surface area contributed by atoms with Crippen molar-refractivity contribution in [3.05, 3.63) is 52.2 Å². The fourth-order valence-electron chi connectivity index (χ4n) is 4.11. The van der Waals surface area contributed by atoms with E-state index in [9.17, 15) is 10.2 Å². The second-order valence-corrected chi connectivity index (χ2v) is 7.72. The van der Waals surface area contributed by atoms with Crippen LogP contribution >= 0.6 is 11.6 Å². The summed E-state index contributed by atoms with van der Waals surface area (Å²) in [6.45, 7) is 6.00. The first kappa shape index (κ1) is 20.3. The monoisotopic (exact) mass is 417 g/mol. The smallest absolute Gasteiger partial charge is 0.164 e. The molecule has 0 bridgehead atoms. The third-order valence-corrected chi connectivity index (χ3v) is 5.93. The number of ether oxygens (including phenoxy) is 2. The van der Waals surface area contributed by atoms with Gasteiger partial charge in [0.2, 0.25) is 0 Å². The van der Waals surface area contributed by atoms with Crippen LogP contribution in [0.2, 0.25) is 5.02 Å². The van der Waals surface area contributed by atoms with E-state index < -0.39 is 30.6 Å². The molecule has 2 N–H and O–H groups in total. The Morgan fingerprint density at radius 2 is 2.07 bits per heavy atom. The van der Waals surface area contributed by atoms with Gasteiger partial charge in [-0.2, -0.15) is 0 Å². The van der Waals surface area contributed by atoms with Gasteiger partial charge in [-0.1, -0.05) is 17.7 Å². The molecule has 154 valence electrons. The lowest BCUT2D eigenvalue weighted by Gasteiger charge is -2.31. The molecule has 0 amide bonds. The maximum absolute atomic E-state index is 10.8. The molecule has 29 heavy (non-hydrogen) atoms. The normalized spacial score (nSPS) is 29.7. The summed E-state index contributed by atoms with van der Waals surface area (Å²) in [6.07, 6.45) is -1.85. The van der Waals surface area contributed by atoms with Crippen molar-refractivity contribution in [3.63, 3.8) is 0 Å². The Kier molecular flexibility index (Phi) is 5.59. The van der Waals surface area contributed by atoms with E-state index in [0.717, 1.165) is 28.8 Å². The van der Waals surface area contributed by atoms with E-state index in [4.69, 9.17) is 21.1 Å². The molecular weight excluding hydrogens is 394 g/mol. The van der Waals surface area contributed by atoms with E-state index in [1.165, 1.54) is 0 Å². The molecule has 1 saturated heterocycles. The Hall–Kier alpha value is -2.03. The number of halogens is 1. The molecule has 3 heterocycles. The Labute approximate surface area is 174 Å². The molecule has 0 aliphatic carbocycles. The second-order valence-electron chi connectivity index (χ2n) is 7.28. The predicted octanol–water partition coefficient (Wildman–Crippen LogP) is 2.85. The largest absolute Gasteiger partial charge is 0.387 e. The summed E-state index contributed by atoms with van der Waals surface area (Å²) in [7, 11) is 1.70. The van der Waals surface area contributed by atoms with Crippen molar-refractivity contribution in [3.8, 4) is 0 Å². The number of rotatable bonds is 4. The maximum atomic E-state index is 10.8. The standard InChI is InChI=1S/C21H24ClN3O4/c1-11(23-2)14-6-8-25(20(14)24-3)21-17(27)16(26)19(29-21)18-15-5-4-13(22)10-12(15)7-9-28-18/h4-6,8,10,16-19,21,26-27H,3,7,9H2,1-2H3/b23-11-/t16-,17+,18+,19-,21+/m0/s1. The van der Waals surface area contributed by atoms with Crippen molar-refractivity contribution < 1.29 is 19.7 Å². The maximum Gasteiger partial charge on any atom is 0.164 e.